The van der Waals surface area contributed by atoms with E-state index in [1.54, 1.807) is 30.1 Å². The maximum absolute atomic E-state index is 15.1. The van der Waals surface area contributed by atoms with Gasteiger partial charge in [0.15, 0.2) is 10.8 Å². The average molecular weight is 1000 g/mol. The average Bonchev–Trinajstić information content (AvgIpc) is 4.21. The first kappa shape index (κ1) is 46.3. The molecule has 0 bridgehead atoms. The number of hydrogen-bond donors (Lipinski definition) is 3. The summed E-state index contributed by atoms with van der Waals surface area (Å²) >= 11 is 4.12. The summed E-state index contributed by atoms with van der Waals surface area (Å²) in [6.45, 7) is -0.0656. The van der Waals surface area contributed by atoms with Gasteiger partial charge in [0, 0.05) is 39.7 Å². The van der Waals surface area contributed by atoms with Crippen LogP contribution in [0.5, 0.6) is 0 Å². The molecule has 1 unspecified atom stereocenters. The van der Waals surface area contributed by atoms with Crippen LogP contribution in [0.1, 0.15) is 44.8 Å². The molecule has 2 saturated heterocycles. The SMILES string of the molecule is O=C(N[C@@H]1C(=O)N2CC(C=Cc3csc4cncn34)(C(=O)O)CS[C@H]12)C(=NOC(c1ccccc1)(c1ccccc1)c1ccccc1)c1csc(NC(c2ccccc2)(c2ccccc2)c2ccccc2)n1. The molecule has 0 radical (unpaired) electrons. The summed E-state index contributed by atoms with van der Waals surface area (Å²) in [7, 11) is 0. The third-order valence-corrected chi connectivity index (χ3v) is 16.5. The summed E-state index contributed by atoms with van der Waals surface area (Å²) in [5.74, 6) is -1.97. The van der Waals surface area contributed by atoms with Gasteiger partial charge in [0.1, 0.15) is 39.2 Å². The predicted molar refractivity (Wildman–Crippen MR) is 284 cm³/mol. The number of carboxylic acid groups (broad SMARTS) is 1. The van der Waals surface area contributed by atoms with Crippen LogP contribution >= 0.6 is 34.4 Å². The Labute approximate surface area is 427 Å². The second-order valence-corrected chi connectivity index (χ2v) is 20.4. The summed E-state index contributed by atoms with van der Waals surface area (Å²) in [4.78, 5) is 61.0. The second-order valence-electron chi connectivity index (χ2n) is 17.5. The Balaban J connectivity index is 0.973. The molecule has 2 fully saturated rings. The van der Waals surface area contributed by atoms with Crippen molar-refractivity contribution in [2.75, 3.05) is 17.6 Å². The molecule has 6 aromatic carbocycles. The molecule has 12 nitrogen and oxygen atoms in total. The van der Waals surface area contributed by atoms with E-state index in [2.05, 4.69) is 52.0 Å². The van der Waals surface area contributed by atoms with Crippen molar-refractivity contribution in [3.63, 3.8) is 0 Å². The maximum Gasteiger partial charge on any atom is 0.316 e. The van der Waals surface area contributed by atoms with Gasteiger partial charge in [0.25, 0.3) is 5.91 Å². The number of aliphatic carboxylic acids is 1. The zero-order valence-electron chi connectivity index (χ0n) is 38.4. The van der Waals surface area contributed by atoms with Gasteiger partial charge >= 0.3 is 5.97 Å². The Morgan fingerprint density at radius 3 is 1.75 bits per heavy atom. The fraction of sp³-hybridized carbons (Fsp3) is 0.123. The highest BCUT2D eigenvalue weighted by Gasteiger charge is 2.57. The molecule has 2 aliphatic rings. The summed E-state index contributed by atoms with van der Waals surface area (Å²) in [5.41, 5.74) is 2.39. The Morgan fingerprint density at radius 2 is 1.24 bits per heavy atom. The van der Waals surface area contributed by atoms with Gasteiger partial charge in [-0.1, -0.05) is 193 Å². The van der Waals surface area contributed by atoms with Gasteiger partial charge < -0.3 is 25.5 Å². The molecule has 5 heterocycles. The summed E-state index contributed by atoms with van der Waals surface area (Å²) < 4.78 is 1.88. The van der Waals surface area contributed by atoms with Gasteiger partial charge in [-0.15, -0.1) is 34.4 Å². The minimum absolute atomic E-state index is 0.0656. The molecule has 0 aliphatic carbocycles. The van der Waals surface area contributed by atoms with Crippen molar-refractivity contribution in [3.8, 4) is 0 Å². The van der Waals surface area contributed by atoms with Gasteiger partial charge in [0.05, 0.1) is 11.9 Å². The highest BCUT2D eigenvalue weighted by molar-refractivity contribution is 8.00. The van der Waals surface area contributed by atoms with Crippen molar-refractivity contribution in [2.24, 2.45) is 10.6 Å². The summed E-state index contributed by atoms with van der Waals surface area (Å²) in [6.07, 6.45) is 6.86. The summed E-state index contributed by atoms with van der Waals surface area (Å²) in [5, 5.41) is 25.9. The van der Waals surface area contributed by atoms with Gasteiger partial charge in [-0.3, -0.25) is 18.8 Å². The Hall–Kier alpha value is -8.11. The lowest BCUT2D eigenvalue weighted by Gasteiger charge is -2.53. The molecule has 356 valence electrons. The number of thioether (sulfide) groups is 1. The fourth-order valence-electron chi connectivity index (χ4n) is 9.59. The standard InChI is InChI=1S/C57H45N7O5S3/c65-50(60-49-51(66)63-36-55(53(67)68,37-72-52(49)63)32-31-45-34-70-47-33-58-38-64(45)47)48(62-69-57(42-25-13-4-14-26-42,43-27-15-5-16-28-43)44-29-17-6-18-30-44)46-35-71-54(59-46)61-56(39-19-7-1-8-20-39,40-21-9-2-10-22-40)41-23-11-3-12-24-41/h1-35,38,49,52H,36-37H2,(H,59,61)(H,60,65)(H,67,68)/t49-,52-,55?/m1/s1. The maximum atomic E-state index is 15.1. The first-order valence-electron chi connectivity index (χ1n) is 23.2. The number of β-lactam (4-membered cyclic amide) rings is 1. The lowest BCUT2D eigenvalue weighted by atomic mass is 9.77. The number of nitrogens with one attached hydrogen (secondary N) is 2. The number of carboxylic acids is 1. The van der Waals surface area contributed by atoms with E-state index in [9.17, 15) is 14.7 Å². The van der Waals surface area contributed by atoms with Gasteiger partial charge in [-0.25, -0.2) is 9.97 Å². The van der Waals surface area contributed by atoms with Crippen molar-refractivity contribution in [1.29, 1.82) is 0 Å². The van der Waals surface area contributed by atoms with Crippen LogP contribution in [0.25, 0.3) is 10.9 Å². The molecular weight excluding hydrogens is 959 g/mol. The number of benzene rings is 6. The van der Waals surface area contributed by atoms with Gasteiger partial charge in [-0.2, -0.15) is 0 Å². The highest BCUT2D eigenvalue weighted by atomic mass is 32.2. The lowest BCUT2D eigenvalue weighted by molar-refractivity contribution is -0.156. The van der Waals surface area contributed by atoms with Crippen molar-refractivity contribution in [2.45, 2.75) is 22.6 Å². The molecule has 11 rings (SSSR count). The number of amides is 2. The summed E-state index contributed by atoms with van der Waals surface area (Å²) in [6, 6.07) is 58.6. The molecule has 2 amide bonds. The lowest BCUT2D eigenvalue weighted by Crippen LogP contribution is -2.73. The minimum atomic E-state index is -1.37. The van der Waals surface area contributed by atoms with Crippen LogP contribution < -0.4 is 10.6 Å². The van der Waals surface area contributed by atoms with E-state index >= 15 is 4.79 Å². The van der Waals surface area contributed by atoms with E-state index < -0.39 is 45.8 Å². The van der Waals surface area contributed by atoms with E-state index in [-0.39, 0.29) is 23.7 Å². The van der Waals surface area contributed by atoms with E-state index in [4.69, 9.17) is 15.0 Å². The first-order valence-corrected chi connectivity index (χ1v) is 26.0. The van der Waals surface area contributed by atoms with E-state index in [0.29, 0.717) is 5.13 Å². The number of carbonyl (C=O) groups excluding carboxylic acids is 2. The zero-order valence-corrected chi connectivity index (χ0v) is 40.8. The topological polar surface area (TPSA) is 151 Å². The van der Waals surface area contributed by atoms with E-state index in [1.807, 2.05) is 155 Å². The molecule has 0 saturated carbocycles. The third kappa shape index (κ3) is 8.34. The number of fused-ring (bicyclic) bond motifs is 2. The number of oxime groups is 1. The van der Waals surface area contributed by atoms with Crippen LogP contribution in [0.3, 0.4) is 0 Å². The Kier molecular flexibility index (Phi) is 12.6. The van der Waals surface area contributed by atoms with Gasteiger partial charge in [0.2, 0.25) is 11.5 Å². The fourth-order valence-corrected chi connectivity index (χ4v) is 12.7. The van der Waals surface area contributed by atoms with Crippen LogP contribution in [0.4, 0.5) is 5.13 Å². The van der Waals surface area contributed by atoms with E-state index in [0.717, 1.165) is 43.9 Å². The third-order valence-electron chi connectivity index (χ3n) is 13.3. The van der Waals surface area contributed by atoms with Crippen molar-refractivity contribution >= 4 is 74.0 Å². The number of hydrogen-bond acceptors (Lipinski definition) is 11. The molecule has 3 aromatic heterocycles. The number of aromatic nitrogens is 3. The van der Waals surface area contributed by atoms with Crippen LogP contribution in [0.2, 0.25) is 0 Å². The minimum Gasteiger partial charge on any atom is -0.481 e. The first-order chi connectivity index (χ1) is 35.3. The smallest absolute Gasteiger partial charge is 0.316 e. The van der Waals surface area contributed by atoms with Crippen molar-refractivity contribution < 1.29 is 24.3 Å². The van der Waals surface area contributed by atoms with Crippen LogP contribution in [-0.2, 0) is 30.4 Å². The predicted octanol–water partition coefficient (Wildman–Crippen LogP) is 10.2. The number of nitrogens with zero attached hydrogens (tertiary/aromatic N) is 5. The Morgan fingerprint density at radius 1 is 0.722 bits per heavy atom. The number of rotatable bonds is 16. The second kappa shape index (κ2) is 19.6. The monoisotopic (exact) mass is 1000 g/mol. The van der Waals surface area contributed by atoms with Crippen LogP contribution in [0.15, 0.2) is 217 Å². The largest absolute Gasteiger partial charge is 0.481 e. The number of imidazole rings is 1. The van der Waals surface area contributed by atoms with E-state index in [1.165, 1.54) is 39.3 Å². The quantitative estimate of drug-likeness (QED) is 0.0372. The Bertz CT molecular complexity index is 3230. The molecule has 3 atom stereocenters. The molecular formula is C57H45N7O5S3. The molecule has 3 N–H and O–H groups in total. The normalized spacial score (nSPS) is 18.1. The molecule has 72 heavy (non-hydrogen) atoms. The van der Waals surface area contributed by atoms with Crippen molar-refractivity contribution in [1.82, 2.24) is 24.6 Å². The molecule has 15 heteroatoms. The van der Waals surface area contributed by atoms with Crippen molar-refractivity contribution in [3.05, 3.63) is 256 Å². The highest BCUT2D eigenvalue weighted by Crippen LogP contribution is 2.45. The van der Waals surface area contributed by atoms with Gasteiger partial charge in [-0.05, 0) is 22.8 Å². The molecule has 2 aliphatic heterocycles. The zero-order chi connectivity index (χ0) is 49.1. The molecule has 0 spiro atoms. The van der Waals surface area contributed by atoms with Crippen LogP contribution in [0, 0.1) is 5.41 Å². The van der Waals surface area contributed by atoms with Crippen LogP contribution in [-0.4, -0.2) is 71.6 Å². The number of thiazole rings is 2. The molecule has 9 aromatic rings. The number of anilines is 1. The number of carbonyl (C=O) groups is 3.